The van der Waals surface area contributed by atoms with Gasteiger partial charge in [0, 0.05) is 13.0 Å². The Morgan fingerprint density at radius 3 is 2.82 bits per heavy atom. The second-order valence-electron chi connectivity index (χ2n) is 5.48. The number of nitrogens with one attached hydrogen (secondary N) is 2. The summed E-state index contributed by atoms with van der Waals surface area (Å²) in [5, 5.41) is 5.67. The molecular weight excluding hydrogens is 282 g/mol. The molecular formula is C16H23N3O3. The quantitative estimate of drug-likeness (QED) is 0.747. The largest absolute Gasteiger partial charge is 0.368 e. The Kier molecular flexibility index (Phi) is 5.91. The third-order valence-electron chi connectivity index (χ3n) is 3.54. The molecule has 1 aromatic carbocycles. The van der Waals surface area contributed by atoms with Crippen LogP contribution in [0.3, 0.4) is 0 Å². The molecule has 1 heterocycles. The summed E-state index contributed by atoms with van der Waals surface area (Å²) in [6.45, 7) is 3.03. The molecule has 4 N–H and O–H groups in total. The smallest absolute Gasteiger partial charge is 0.253 e. The van der Waals surface area contributed by atoms with Crippen LogP contribution in [0.15, 0.2) is 18.2 Å². The van der Waals surface area contributed by atoms with E-state index in [1.165, 1.54) is 0 Å². The molecule has 22 heavy (non-hydrogen) atoms. The van der Waals surface area contributed by atoms with Crippen molar-refractivity contribution in [3.05, 3.63) is 23.8 Å². The van der Waals surface area contributed by atoms with Gasteiger partial charge in [0.15, 0.2) is 0 Å². The molecule has 0 saturated carbocycles. The maximum absolute atomic E-state index is 12.1. The minimum Gasteiger partial charge on any atom is -0.368 e. The Balaban J connectivity index is 2.06. The standard InChI is InChI=1S/C16H23N3O3/c1-11-6-7-12(19-16(21)14-4-3-9-22-14)13(10-11)18-15(20)5-2-8-17/h6-7,10,14H,2-5,8-9,17H2,1H3,(H,18,20)(H,19,21). The SMILES string of the molecule is Cc1ccc(NC(=O)C2CCCO2)c(NC(=O)CCCN)c1. The summed E-state index contributed by atoms with van der Waals surface area (Å²) in [6, 6.07) is 5.52. The number of ether oxygens (including phenoxy) is 1. The third kappa shape index (κ3) is 4.54. The number of benzene rings is 1. The zero-order valence-corrected chi connectivity index (χ0v) is 12.9. The zero-order chi connectivity index (χ0) is 15.9. The highest BCUT2D eigenvalue weighted by Gasteiger charge is 2.24. The van der Waals surface area contributed by atoms with Crippen LogP contribution < -0.4 is 16.4 Å². The summed E-state index contributed by atoms with van der Waals surface area (Å²) < 4.78 is 5.37. The minimum atomic E-state index is -0.401. The summed E-state index contributed by atoms with van der Waals surface area (Å²) in [4.78, 5) is 24.0. The second-order valence-corrected chi connectivity index (χ2v) is 5.48. The van der Waals surface area contributed by atoms with Crippen molar-refractivity contribution >= 4 is 23.2 Å². The van der Waals surface area contributed by atoms with Crippen molar-refractivity contribution in [2.24, 2.45) is 5.73 Å². The van der Waals surface area contributed by atoms with E-state index in [0.717, 1.165) is 18.4 Å². The molecule has 1 fully saturated rings. The van der Waals surface area contributed by atoms with Crippen LogP contribution in [0, 0.1) is 6.92 Å². The molecule has 1 saturated heterocycles. The van der Waals surface area contributed by atoms with Crippen molar-refractivity contribution in [3.8, 4) is 0 Å². The van der Waals surface area contributed by atoms with Crippen LogP contribution in [0.2, 0.25) is 0 Å². The molecule has 6 heteroatoms. The van der Waals surface area contributed by atoms with Gasteiger partial charge in [0.1, 0.15) is 6.10 Å². The van der Waals surface area contributed by atoms with Gasteiger partial charge in [-0.1, -0.05) is 6.07 Å². The third-order valence-corrected chi connectivity index (χ3v) is 3.54. The van der Waals surface area contributed by atoms with Gasteiger partial charge in [-0.25, -0.2) is 0 Å². The molecule has 0 bridgehead atoms. The lowest BCUT2D eigenvalue weighted by atomic mass is 10.1. The van der Waals surface area contributed by atoms with E-state index in [0.29, 0.717) is 37.4 Å². The van der Waals surface area contributed by atoms with Crippen molar-refractivity contribution in [2.75, 3.05) is 23.8 Å². The number of carbonyl (C=O) groups excluding carboxylic acids is 2. The van der Waals surface area contributed by atoms with Gasteiger partial charge in [0.25, 0.3) is 5.91 Å². The van der Waals surface area contributed by atoms with Crippen molar-refractivity contribution in [1.29, 1.82) is 0 Å². The molecule has 1 unspecified atom stereocenters. The van der Waals surface area contributed by atoms with E-state index in [9.17, 15) is 9.59 Å². The minimum absolute atomic E-state index is 0.108. The molecule has 120 valence electrons. The van der Waals surface area contributed by atoms with Crippen LogP contribution in [-0.4, -0.2) is 31.1 Å². The zero-order valence-electron chi connectivity index (χ0n) is 12.9. The van der Waals surface area contributed by atoms with Crippen LogP contribution in [0.25, 0.3) is 0 Å². The molecule has 2 amide bonds. The first-order chi connectivity index (χ1) is 10.6. The summed E-state index contributed by atoms with van der Waals surface area (Å²) in [7, 11) is 0. The summed E-state index contributed by atoms with van der Waals surface area (Å²) in [6.07, 6.45) is 2.23. The van der Waals surface area contributed by atoms with Gasteiger partial charge in [-0.2, -0.15) is 0 Å². The molecule has 1 aliphatic rings. The Hall–Kier alpha value is -1.92. The van der Waals surface area contributed by atoms with E-state index in [4.69, 9.17) is 10.5 Å². The lowest BCUT2D eigenvalue weighted by Gasteiger charge is -2.15. The van der Waals surface area contributed by atoms with Crippen molar-refractivity contribution in [2.45, 2.75) is 38.7 Å². The first-order valence-electron chi connectivity index (χ1n) is 7.63. The van der Waals surface area contributed by atoms with Gasteiger partial charge in [0.05, 0.1) is 11.4 Å². The molecule has 0 radical (unpaired) electrons. The second kappa shape index (κ2) is 7.91. The fourth-order valence-electron chi connectivity index (χ4n) is 2.34. The average Bonchev–Trinajstić information content (AvgIpc) is 3.02. The Bertz CT molecular complexity index is 539. The molecule has 1 aromatic rings. The summed E-state index contributed by atoms with van der Waals surface area (Å²) in [5.74, 6) is -0.275. The highest BCUT2D eigenvalue weighted by molar-refractivity contribution is 6.01. The Labute approximate surface area is 130 Å². The maximum atomic E-state index is 12.1. The highest BCUT2D eigenvalue weighted by Crippen LogP contribution is 2.25. The maximum Gasteiger partial charge on any atom is 0.253 e. The number of rotatable bonds is 6. The monoisotopic (exact) mass is 305 g/mol. The molecule has 0 spiro atoms. The van der Waals surface area contributed by atoms with Gasteiger partial charge < -0.3 is 21.1 Å². The topological polar surface area (TPSA) is 93.5 Å². The molecule has 1 aliphatic heterocycles. The highest BCUT2D eigenvalue weighted by atomic mass is 16.5. The van der Waals surface area contributed by atoms with E-state index in [2.05, 4.69) is 10.6 Å². The normalized spacial score (nSPS) is 17.3. The van der Waals surface area contributed by atoms with Crippen LogP contribution in [0.4, 0.5) is 11.4 Å². The van der Waals surface area contributed by atoms with E-state index in [1.807, 2.05) is 19.1 Å². The number of hydrogen-bond acceptors (Lipinski definition) is 4. The van der Waals surface area contributed by atoms with Crippen LogP contribution in [-0.2, 0) is 14.3 Å². The van der Waals surface area contributed by atoms with Crippen LogP contribution in [0.5, 0.6) is 0 Å². The average molecular weight is 305 g/mol. The number of amides is 2. The number of hydrogen-bond donors (Lipinski definition) is 3. The lowest BCUT2D eigenvalue weighted by molar-refractivity contribution is -0.124. The first-order valence-corrected chi connectivity index (χ1v) is 7.63. The van der Waals surface area contributed by atoms with E-state index < -0.39 is 6.10 Å². The van der Waals surface area contributed by atoms with Crippen molar-refractivity contribution in [1.82, 2.24) is 0 Å². The van der Waals surface area contributed by atoms with Gasteiger partial charge in [-0.15, -0.1) is 0 Å². The summed E-state index contributed by atoms with van der Waals surface area (Å²) >= 11 is 0. The van der Waals surface area contributed by atoms with Crippen LogP contribution in [0.1, 0.15) is 31.2 Å². The van der Waals surface area contributed by atoms with E-state index in [1.54, 1.807) is 6.07 Å². The van der Waals surface area contributed by atoms with Gasteiger partial charge in [0.2, 0.25) is 5.91 Å². The molecule has 0 aliphatic carbocycles. The fraction of sp³-hybridized carbons (Fsp3) is 0.500. The summed E-state index contributed by atoms with van der Waals surface area (Å²) in [5.41, 5.74) is 7.61. The molecule has 2 rings (SSSR count). The molecule has 0 aromatic heterocycles. The molecule has 6 nitrogen and oxygen atoms in total. The van der Waals surface area contributed by atoms with E-state index in [-0.39, 0.29) is 11.8 Å². The Morgan fingerprint density at radius 1 is 1.32 bits per heavy atom. The van der Waals surface area contributed by atoms with Gasteiger partial charge in [-0.05, 0) is 50.4 Å². The molecule has 1 atom stereocenters. The van der Waals surface area contributed by atoms with E-state index >= 15 is 0 Å². The predicted octanol–water partition coefficient (Wildman–Crippen LogP) is 1.79. The van der Waals surface area contributed by atoms with Crippen molar-refractivity contribution < 1.29 is 14.3 Å². The number of aryl methyl sites for hydroxylation is 1. The number of carbonyl (C=O) groups is 2. The first kappa shape index (κ1) is 16.5. The lowest BCUT2D eigenvalue weighted by Crippen LogP contribution is -2.27. The van der Waals surface area contributed by atoms with Crippen molar-refractivity contribution in [3.63, 3.8) is 0 Å². The van der Waals surface area contributed by atoms with Crippen LogP contribution >= 0.6 is 0 Å². The van der Waals surface area contributed by atoms with Gasteiger partial charge >= 0.3 is 0 Å². The number of nitrogens with two attached hydrogens (primary N) is 1. The predicted molar refractivity (Wildman–Crippen MR) is 85.7 cm³/mol. The number of anilines is 2. The van der Waals surface area contributed by atoms with Gasteiger partial charge in [-0.3, -0.25) is 9.59 Å². The fourth-order valence-corrected chi connectivity index (χ4v) is 2.34. The Morgan fingerprint density at radius 2 is 2.14 bits per heavy atom.